The van der Waals surface area contributed by atoms with Crippen LogP contribution in [-0.4, -0.2) is 101 Å². The standard InChI is InChI=1S/C30H29FN8O3S/c1-36(30-35-26(24(13-32)43-30)18-2-4-19(31)5-3-18)27-22-12-20(14-33-29(22)34-23-6-11-42-28(23)27)38-9-7-37(8-10-38)17-25(41)39-15-21(40)16-39/h2-5,12,14,21,40H,6-11,15-17H2,1H3. The molecule has 11 nitrogen and oxygen atoms in total. The van der Waals surface area contributed by atoms with Crippen LogP contribution in [0.15, 0.2) is 36.5 Å². The smallest absolute Gasteiger partial charge is 0.236 e. The molecule has 1 amide bonds. The average molecular weight is 601 g/mol. The van der Waals surface area contributed by atoms with E-state index < -0.39 is 6.10 Å². The van der Waals surface area contributed by atoms with E-state index in [0.717, 1.165) is 48.6 Å². The first-order chi connectivity index (χ1) is 20.9. The van der Waals surface area contributed by atoms with Crippen LogP contribution in [0.2, 0.25) is 0 Å². The fraction of sp³-hybridized carbons (Fsp3) is 0.367. The van der Waals surface area contributed by atoms with Gasteiger partial charge in [0.2, 0.25) is 5.91 Å². The van der Waals surface area contributed by atoms with Crippen molar-refractivity contribution in [2.45, 2.75) is 12.5 Å². The second-order valence-corrected chi connectivity index (χ2v) is 11.9. The maximum absolute atomic E-state index is 13.6. The highest BCUT2D eigenvalue weighted by Crippen LogP contribution is 2.45. The third-order valence-electron chi connectivity index (χ3n) is 8.18. The number of carbonyl (C=O) groups is 1. The number of benzene rings is 1. The van der Waals surface area contributed by atoms with Crippen molar-refractivity contribution in [1.82, 2.24) is 24.8 Å². The van der Waals surface area contributed by atoms with Gasteiger partial charge in [-0.2, -0.15) is 5.26 Å². The maximum atomic E-state index is 13.6. The molecule has 0 bridgehead atoms. The molecule has 0 spiro atoms. The summed E-state index contributed by atoms with van der Waals surface area (Å²) < 4.78 is 19.6. The van der Waals surface area contributed by atoms with Crippen molar-refractivity contribution in [2.24, 2.45) is 0 Å². The van der Waals surface area contributed by atoms with Crippen LogP contribution in [0.4, 0.5) is 20.9 Å². The van der Waals surface area contributed by atoms with Crippen LogP contribution in [0.1, 0.15) is 10.6 Å². The molecular formula is C30H29FN8O3S. The first kappa shape index (κ1) is 27.5. The lowest BCUT2D eigenvalue weighted by Crippen LogP contribution is -2.57. The molecule has 2 fully saturated rings. The highest BCUT2D eigenvalue weighted by atomic mass is 32.1. The molecule has 0 radical (unpaired) electrons. The fourth-order valence-corrected chi connectivity index (χ4v) is 6.62. The summed E-state index contributed by atoms with van der Waals surface area (Å²) in [4.78, 5) is 35.3. The summed E-state index contributed by atoms with van der Waals surface area (Å²) in [5.74, 6) is 0.393. The third-order valence-corrected chi connectivity index (χ3v) is 9.22. The summed E-state index contributed by atoms with van der Waals surface area (Å²) >= 11 is 1.26. The van der Waals surface area contributed by atoms with E-state index in [9.17, 15) is 19.6 Å². The van der Waals surface area contributed by atoms with Crippen molar-refractivity contribution in [3.8, 4) is 23.1 Å². The molecule has 3 aromatic heterocycles. The Labute approximate surface area is 251 Å². The van der Waals surface area contributed by atoms with Gasteiger partial charge in [0.25, 0.3) is 0 Å². The molecule has 1 N–H and O–H groups in total. The van der Waals surface area contributed by atoms with Gasteiger partial charge in [-0.25, -0.2) is 19.3 Å². The van der Waals surface area contributed by atoms with E-state index in [1.807, 2.05) is 18.1 Å². The van der Waals surface area contributed by atoms with Crippen LogP contribution in [0.5, 0.6) is 5.75 Å². The van der Waals surface area contributed by atoms with Crippen molar-refractivity contribution < 1.29 is 19.0 Å². The first-order valence-corrected chi connectivity index (χ1v) is 15.0. The number of aliphatic hydroxyl groups excluding tert-OH is 1. The van der Waals surface area contributed by atoms with Gasteiger partial charge in [0.05, 0.1) is 42.5 Å². The number of β-amino-alcohol motifs (C(OH)–C–C–N with tert-alkyl or cyclic N) is 1. The van der Waals surface area contributed by atoms with Gasteiger partial charge in [0.1, 0.15) is 22.5 Å². The Kier molecular flexibility index (Phi) is 7.04. The zero-order valence-electron chi connectivity index (χ0n) is 23.5. The van der Waals surface area contributed by atoms with Crippen LogP contribution in [-0.2, 0) is 11.2 Å². The Bertz CT molecular complexity index is 1740. The van der Waals surface area contributed by atoms with E-state index in [1.54, 1.807) is 17.0 Å². The molecule has 220 valence electrons. The Morgan fingerprint density at radius 1 is 1.21 bits per heavy atom. The quantitative estimate of drug-likeness (QED) is 0.354. The number of aromatic nitrogens is 3. The minimum absolute atomic E-state index is 0.0584. The lowest BCUT2D eigenvalue weighted by molar-refractivity contribution is -0.142. The van der Waals surface area contributed by atoms with Gasteiger partial charge in [-0.1, -0.05) is 11.3 Å². The zero-order valence-corrected chi connectivity index (χ0v) is 24.3. The SMILES string of the molecule is CN(c1nc(-c2ccc(F)cc2)c(C#N)s1)c1c2c(nc3ncc(N4CCN(CC(=O)N5CC(O)C5)CC4)cc13)CCO2. The Morgan fingerprint density at radius 3 is 2.70 bits per heavy atom. The number of hydrogen-bond acceptors (Lipinski definition) is 11. The predicted octanol–water partition coefficient (Wildman–Crippen LogP) is 2.79. The summed E-state index contributed by atoms with van der Waals surface area (Å²) in [6.45, 7) is 4.67. The number of thiazole rings is 1. The van der Waals surface area contributed by atoms with Crippen LogP contribution in [0.25, 0.3) is 22.3 Å². The highest BCUT2D eigenvalue weighted by molar-refractivity contribution is 7.16. The number of likely N-dealkylation sites (tertiary alicyclic amines) is 1. The van der Waals surface area contributed by atoms with Crippen molar-refractivity contribution in [1.29, 1.82) is 5.26 Å². The number of pyridine rings is 2. The molecule has 43 heavy (non-hydrogen) atoms. The van der Waals surface area contributed by atoms with Gasteiger partial charge >= 0.3 is 0 Å². The van der Waals surface area contributed by atoms with Crippen molar-refractivity contribution in [3.63, 3.8) is 0 Å². The van der Waals surface area contributed by atoms with E-state index >= 15 is 0 Å². The monoisotopic (exact) mass is 600 g/mol. The van der Waals surface area contributed by atoms with Crippen LogP contribution >= 0.6 is 11.3 Å². The lowest BCUT2D eigenvalue weighted by Gasteiger charge is -2.39. The number of piperazine rings is 1. The molecule has 3 aliphatic rings. The molecule has 1 aromatic carbocycles. The minimum atomic E-state index is -0.396. The normalized spacial score (nSPS) is 17.0. The number of nitrogens with zero attached hydrogens (tertiary/aromatic N) is 8. The minimum Gasteiger partial charge on any atom is -0.489 e. The summed E-state index contributed by atoms with van der Waals surface area (Å²) in [7, 11) is 1.89. The highest BCUT2D eigenvalue weighted by Gasteiger charge is 2.31. The molecule has 3 aliphatic heterocycles. The number of amides is 1. The van der Waals surface area contributed by atoms with Gasteiger partial charge in [0.15, 0.2) is 16.5 Å². The molecule has 0 atom stereocenters. The molecule has 7 rings (SSSR count). The largest absolute Gasteiger partial charge is 0.489 e. The first-order valence-electron chi connectivity index (χ1n) is 14.2. The molecule has 13 heteroatoms. The molecular weight excluding hydrogens is 571 g/mol. The van der Waals surface area contributed by atoms with Crippen LogP contribution in [0.3, 0.4) is 0 Å². The molecule has 6 heterocycles. The summed E-state index contributed by atoms with van der Waals surface area (Å²) in [6, 6.07) is 10.3. The number of nitriles is 1. The summed E-state index contributed by atoms with van der Waals surface area (Å²) in [5, 5.41) is 20.8. The molecule has 0 unspecified atom stereocenters. The van der Waals surface area contributed by atoms with E-state index in [-0.39, 0.29) is 11.7 Å². The number of ether oxygens (including phenoxy) is 1. The number of anilines is 3. The van der Waals surface area contributed by atoms with Crippen LogP contribution in [0, 0.1) is 17.1 Å². The Morgan fingerprint density at radius 2 is 1.98 bits per heavy atom. The van der Waals surface area contributed by atoms with E-state index in [2.05, 4.69) is 21.9 Å². The van der Waals surface area contributed by atoms with Crippen molar-refractivity contribution >= 4 is 44.8 Å². The Hall–Kier alpha value is -4.38. The zero-order chi connectivity index (χ0) is 29.7. The van der Waals surface area contributed by atoms with Gasteiger partial charge in [-0.3, -0.25) is 9.69 Å². The number of aliphatic hydroxyl groups is 1. The third kappa shape index (κ3) is 5.11. The second kappa shape index (κ2) is 11.0. The van der Waals surface area contributed by atoms with Gasteiger partial charge in [-0.15, -0.1) is 0 Å². The van der Waals surface area contributed by atoms with E-state index in [0.29, 0.717) is 65.3 Å². The average Bonchev–Trinajstić information content (AvgIpc) is 3.66. The lowest BCUT2D eigenvalue weighted by atomic mass is 10.1. The summed E-state index contributed by atoms with van der Waals surface area (Å²) in [5.41, 5.74) is 4.34. The molecule has 4 aromatic rings. The number of hydrogen-bond donors (Lipinski definition) is 1. The predicted molar refractivity (Wildman–Crippen MR) is 160 cm³/mol. The number of rotatable bonds is 6. The number of halogens is 1. The number of fused-ring (bicyclic) bond motifs is 2. The molecule has 0 aliphatic carbocycles. The number of carbonyl (C=O) groups excluding carboxylic acids is 1. The van der Waals surface area contributed by atoms with Crippen molar-refractivity contribution in [3.05, 3.63) is 52.9 Å². The van der Waals surface area contributed by atoms with Crippen LogP contribution < -0.4 is 14.5 Å². The topological polar surface area (TPSA) is 122 Å². The van der Waals surface area contributed by atoms with Gasteiger partial charge in [0, 0.05) is 63.7 Å². The summed E-state index contributed by atoms with van der Waals surface area (Å²) in [6.07, 6.45) is 2.12. The van der Waals surface area contributed by atoms with E-state index in [1.165, 1.54) is 23.5 Å². The fourth-order valence-electron chi connectivity index (χ4n) is 5.77. The maximum Gasteiger partial charge on any atom is 0.236 e. The Balaban J connectivity index is 1.18. The van der Waals surface area contributed by atoms with E-state index in [4.69, 9.17) is 19.7 Å². The molecule has 0 saturated carbocycles. The molecule has 2 saturated heterocycles. The van der Waals surface area contributed by atoms with Crippen molar-refractivity contribution in [2.75, 3.05) is 69.3 Å². The van der Waals surface area contributed by atoms with Gasteiger partial charge in [-0.05, 0) is 30.3 Å². The van der Waals surface area contributed by atoms with Gasteiger partial charge < -0.3 is 24.5 Å². The second-order valence-electron chi connectivity index (χ2n) is 11.0.